The number of halogens is 8. The van der Waals surface area contributed by atoms with E-state index >= 15 is 13.2 Å². The number of rotatable bonds is 7. The van der Waals surface area contributed by atoms with Crippen LogP contribution in [0.5, 0.6) is 0 Å². The molecule has 0 radical (unpaired) electrons. The van der Waals surface area contributed by atoms with Crippen LogP contribution in [0.1, 0.15) is 52.9 Å². The van der Waals surface area contributed by atoms with Gasteiger partial charge in [0.15, 0.2) is 6.29 Å². The van der Waals surface area contributed by atoms with Crippen LogP contribution in [0.25, 0.3) is 0 Å². The molecule has 4 nitrogen and oxygen atoms in total. The minimum atomic E-state index is -4.60. The molecular formula is C34H37F8NO3. The summed E-state index contributed by atoms with van der Waals surface area (Å²) in [5.41, 5.74) is -1.14. The quantitative estimate of drug-likeness (QED) is 0.255. The van der Waals surface area contributed by atoms with Crippen molar-refractivity contribution in [3.63, 3.8) is 0 Å². The van der Waals surface area contributed by atoms with E-state index in [4.69, 9.17) is 14.7 Å². The van der Waals surface area contributed by atoms with Crippen LogP contribution >= 0.6 is 0 Å². The summed E-state index contributed by atoms with van der Waals surface area (Å²) >= 11 is 0. The highest BCUT2D eigenvalue weighted by atomic mass is 19.3. The number of nitrogens with zero attached hydrogens (tertiary/aromatic N) is 1. The lowest BCUT2D eigenvalue weighted by molar-refractivity contribution is -0.180. The maximum Gasteiger partial charge on any atom is 0.432 e. The Morgan fingerprint density at radius 2 is 1.61 bits per heavy atom. The summed E-state index contributed by atoms with van der Waals surface area (Å²) in [7, 11) is 0.500. The minimum Gasteiger partial charge on any atom is -0.429 e. The van der Waals surface area contributed by atoms with Crippen LogP contribution in [-0.4, -0.2) is 39.0 Å². The van der Waals surface area contributed by atoms with Crippen LogP contribution in [-0.2, 0) is 14.2 Å². The number of allylic oxidation sites excluding steroid dienone is 13. The van der Waals surface area contributed by atoms with E-state index in [1.54, 1.807) is 24.3 Å². The second-order valence-electron chi connectivity index (χ2n) is 10.2. The smallest absolute Gasteiger partial charge is 0.429 e. The molecule has 46 heavy (non-hydrogen) atoms. The van der Waals surface area contributed by atoms with Gasteiger partial charge in [-0.1, -0.05) is 50.6 Å². The summed E-state index contributed by atoms with van der Waals surface area (Å²) in [4.78, 5) is 0. The predicted octanol–water partition coefficient (Wildman–Crippen LogP) is 10.4. The molecule has 12 heteroatoms. The van der Waals surface area contributed by atoms with Crippen molar-refractivity contribution in [2.75, 3.05) is 20.4 Å². The van der Waals surface area contributed by atoms with Crippen molar-refractivity contribution in [2.24, 2.45) is 5.92 Å². The number of ether oxygens (including phenoxy) is 3. The summed E-state index contributed by atoms with van der Waals surface area (Å²) in [6, 6.07) is 1.57. The van der Waals surface area contributed by atoms with Gasteiger partial charge in [-0.2, -0.15) is 14.0 Å². The molecule has 0 saturated carbocycles. The molecule has 4 rings (SSSR count). The third-order valence-electron chi connectivity index (χ3n) is 6.76. The van der Waals surface area contributed by atoms with Crippen molar-refractivity contribution in [1.29, 1.82) is 5.26 Å². The second-order valence-corrected chi connectivity index (χ2v) is 10.2. The summed E-state index contributed by atoms with van der Waals surface area (Å²) < 4.78 is 129. The van der Waals surface area contributed by atoms with Crippen molar-refractivity contribution in [2.45, 2.75) is 71.4 Å². The molecule has 252 valence electrons. The van der Waals surface area contributed by atoms with E-state index in [0.717, 1.165) is 6.08 Å². The first kappa shape index (κ1) is 38.5. The minimum absolute atomic E-state index is 0.0619. The van der Waals surface area contributed by atoms with Crippen LogP contribution in [0.2, 0.25) is 0 Å². The second kappa shape index (κ2) is 18.5. The molecule has 4 aliphatic rings. The van der Waals surface area contributed by atoms with Crippen LogP contribution < -0.4 is 0 Å². The highest BCUT2D eigenvalue weighted by Crippen LogP contribution is 2.41. The van der Waals surface area contributed by atoms with Gasteiger partial charge in [-0.3, -0.25) is 4.39 Å². The van der Waals surface area contributed by atoms with Crippen molar-refractivity contribution < 1.29 is 49.3 Å². The monoisotopic (exact) mass is 659 g/mol. The molecule has 1 saturated heterocycles. The van der Waals surface area contributed by atoms with Gasteiger partial charge in [0.1, 0.15) is 40.8 Å². The fraction of sp³-hybridized carbons (Fsp3) is 0.441. The fourth-order valence-corrected chi connectivity index (χ4v) is 4.62. The SMILES string of the molecule is CC.CC1COC(/C2=C/C=C(/CC3=CCC(F)=C(C(F)(F)OC4=CCC(F)=C(CC#N)C(F)=C4)C(F)=C3)CC(F)C=C2)OC1.CF. The van der Waals surface area contributed by atoms with Crippen LogP contribution in [0.4, 0.5) is 35.1 Å². The van der Waals surface area contributed by atoms with E-state index in [0.29, 0.717) is 43.7 Å². The number of hydrogen-bond donors (Lipinski definition) is 0. The van der Waals surface area contributed by atoms with Gasteiger partial charge in [-0.15, -0.1) is 0 Å². The zero-order valence-corrected chi connectivity index (χ0v) is 26.0. The first-order valence-corrected chi connectivity index (χ1v) is 14.6. The standard InChI is InChI=1S/C31H28F7NO3.C2H6.CH3F/c1-18-16-40-30(41-17-18)21-4-2-19(13-22(32)6-5-21)12-20-3-8-26(34)29(28(36)14-20)31(37,38)42-23-7-9-25(33)24(10-11-39)27(35)15-23;2*1-2/h2-7,14-15,18,22,30H,8-10,12-13,16-17H2,1H3;1-2H3;1H3/b6-5?,19-2-,21-4+;;. The van der Waals surface area contributed by atoms with Gasteiger partial charge in [0.25, 0.3) is 0 Å². The van der Waals surface area contributed by atoms with Crippen LogP contribution in [0.3, 0.4) is 0 Å². The average Bonchev–Trinajstić information content (AvgIpc) is 3.24. The van der Waals surface area contributed by atoms with Crippen LogP contribution in [0, 0.1) is 17.2 Å². The molecule has 1 fully saturated rings. The maximum absolute atomic E-state index is 15.2. The lowest BCUT2D eigenvalue weighted by Crippen LogP contribution is -2.31. The molecule has 0 amide bonds. The molecule has 1 heterocycles. The molecule has 1 atom stereocenters. The molecular weight excluding hydrogens is 622 g/mol. The van der Waals surface area contributed by atoms with E-state index in [9.17, 15) is 22.0 Å². The van der Waals surface area contributed by atoms with Crippen molar-refractivity contribution in [1.82, 2.24) is 0 Å². The number of hydrogen-bond acceptors (Lipinski definition) is 4. The Balaban J connectivity index is 0.00000177. The molecule has 0 aromatic heterocycles. The Morgan fingerprint density at radius 3 is 2.26 bits per heavy atom. The topological polar surface area (TPSA) is 51.5 Å². The molecule has 0 spiro atoms. The molecule has 0 aromatic rings. The van der Waals surface area contributed by atoms with E-state index in [1.165, 1.54) is 12.2 Å². The van der Waals surface area contributed by atoms with E-state index in [2.05, 4.69) is 4.74 Å². The number of nitriles is 1. The zero-order valence-electron chi connectivity index (χ0n) is 26.0. The van der Waals surface area contributed by atoms with Crippen LogP contribution in [0.15, 0.2) is 106 Å². The van der Waals surface area contributed by atoms with E-state index < -0.39 is 78.0 Å². The maximum atomic E-state index is 15.2. The summed E-state index contributed by atoms with van der Waals surface area (Å²) in [6.07, 6.45) is 0.486. The van der Waals surface area contributed by atoms with Gasteiger partial charge in [-0.05, 0) is 30.2 Å². The molecule has 0 aromatic carbocycles. The van der Waals surface area contributed by atoms with Gasteiger partial charge in [0.05, 0.1) is 32.9 Å². The Labute approximate surface area is 264 Å². The zero-order chi connectivity index (χ0) is 34.4. The first-order valence-electron chi connectivity index (χ1n) is 14.6. The van der Waals surface area contributed by atoms with Gasteiger partial charge in [-0.25, -0.2) is 22.0 Å². The van der Waals surface area contributed by atoms with Gasteiger partial charge >= 0.3 is 6.11 Å². The molecule has 3 aliphatic carbocycles. The van der Waals surface area contributed by atoms with E-state index in [-0.39, 0.29) is 24.3 Å². The first-order chi connectivity index (χ1) is 22.0. The van der Waals surface area contributed by atoms with Crippen molar-refractivity contribution >= 4 is 0 Å². The van der Waals surface area contributed by atoms with Gasteiger partial charge in [0, 0.05) is 42.4 Å². The number of alkyl halides is 4. The lowest BCUT2D eigenvalue weighted by Gasteiger charge is -2.28. The Hall–Kier alpha value is -3.69. The summed E-state index contributed by atoms with van der Waals surface area (Å²) in [5.74, 6) is -6.19. The summed E-state index contributed by atoms with van der Waals surface area (Å²) in [6.45, 7) is 6.90. The predicted molar refractivity (Wildman–Crippen MR) is 159 cm³/mol. The fourth-order valence-electron chi connectivity index (χ4n) is 4.62. The summed E-state index contributed by atoms with van der Waals surface area (Å²) in [5, 5.41) is 8.74. The van der Waals surface area contributed by atoms with Crippen molar-refractivity contribution in [3.8, 4) is 6.07 Å². The highest BCUT2D eigenvalue weighted by molar-refractivity contribution is 5.45. The molecule has 0 bridgehead atoms. The van der Waals surface area contributed by atoms with Crippen molar-refractivity contribution in [3.05, 3.63) is 106 Å². The Kier molecular flexibility index (Phi) is 15.4. The third kappa shape index (κ3) is 10.7. The highest BCUT2D eigenvalue weighted by Gasteiger charge is 2.44. The van der Waals surface area contributed by atoms with Gasteiger partial charge < -0.3 is 14.2 Å². The molecule has 1 unspecified atom stereocenters. The average molecular weight is 660 g/mol. The Bertz CT molecular complexity index is 1400. The van der Waals surface area contributed by atoms with Gasteiger partial charge in [0.2, 0.25) is 0 Å². The largest absolute Gasteiger partial charge is 0.432 e. The molecule has 1 aliphatic heterocycles. The molecule has 0 N–H and O–H groups in total. The lowest BCUT2D eigenvalue weighted by atomic mass is 9.96. The van der Waals surface area contributed by atoms with E-state index in [1.807, 2.05) is 20.8 Å². The Morgan fingerprint density at radius 1 is 0.957 bits per heavy atom. The third-order valence-corrected chi connectivity index (χ3v) is 6.76. The normalized spacial score (nSPS) is 26.2.